The van der Waals surface area contributed by atoms with Crippen LogP contribution in [-0.4, -0.2) is 17.9 Å². The number of carbonyl (C=O) groups is 1. The van der Waals surface area contributed by atoms with Crippen molar-refractivity contribution in [3.8, 4) is 6.07 Å². The van der Waals surface area contributed by atoms with Crippen molar-refractivity contribution in [3.63, 3.8) is 0 Å². The Morgan fingerprint density at radius 1 is 1.30 bits per heavy atom. The van der Waals surface area contributed by atoms with E-state index in [-0.39, 0.29) is 5.91 Å². The van der Waals surface area contributed by atoms with Crippen LogP contribution in [0.25, 0.3) is 0 Å². The molecule has 1 heterocycles. The number of rotatable bonds is 3. The molecule has 0 atom stereocenters. The second-order valence-electron chi connectivity index (χ2n) is 4.28. The molecule has 100 valence electrons. The molecule has 0 spiro atoms. The van der Waals surface area contributed by atoms with Gasteiger partial charge in [-0.1, -0.05) is 6.07 Å². The van der Waals surface area contributed by atoms with Crippen LogP contribution < -0.4 is 10.6 Å². The van der Waals surface area contributed by atoms with E-state index in [1.807, 2.05) is 13.0 Å². The molecule has 0 saturated heterocycles. The summed E-state index contributed by atoms with van der Waals surface area (Å²) in [6.07, 6.45) is 1.59. The number of hydrogen-bond donors (Lipinski definition) is 2. The zero-order chi connectivity index (χ0) is 14.5. The first kappa shape index (κ1) is 13.6. The first-order valence-corrected chi connectivity index (χ1v) is 6.10. The number of aromatic nitrogens is 1. The maximum Gasteiger partial charge on any atom is 0.274 e. The molecule has 2 N–H and O–H groups in total. The normalized spacial score (nSPS) is 9.65. The number of nitriles is 1. The Balaban J connectivity index is 2.20. The van der Waals surface area contributed by atoms with Gasteiger partial charge in [-0.15, -0.1) is 0 Å². The number of anilines is 2. The first-order valence-electron chi connectivity index (χ1n) is 6.10. The predicted molar refractivity (Wildman–Crippen MR) is 77.6 cm³/mol. The number of carbonyl (C=O) groups excluding carboxylic acids is 1. The number of aryl methyl sites for hydroxylation is 1. The highest BCUT2D eigenvalue weighted by Gasteiger charge is 2.09. The summed E-state index contributed by atoms with van der Waals surface area (Å²) in [5.41, 5.74) is 3.18. The molecule has 0 saturated carbocycles. The smallest absolute Gasteiger partial charge is 0.274 e. The molecule has 1 aromatic heterocycles. The van der Waals surface area contributed by atoms with Crippen LogP contribution in [0.15, 0.2) is 36.5 Å². The quantitative estimate of drug-likeness (QED) is 0.895. The molecule has 0 fully saturated rings. The molecule has 0 aliphatic rings. The van der Waals surface area contributed by atoms with Crippen molar-refractivity contribution in [1.29, 1.82) is 5.26 Å². The van der Waals surface area contributed by atoms with Gasteiger partial charge in [-0.3, -0.25) is 4.79 Å². The Morgan fingerprint density at radius 2 is 2.10 bits per heavy atom. The summed E-state index contributed by atoms with van der Waals surface area (Å²) < 4.78 is 0. The summed E-state index contributed by atoms with van der Waals surface area (Å²) in [5, 5.41) is 14.6. The van der Waals surface area contributed by atoms with Crippen LogP contribution in [0, 0.1) is 18.3 Å². The second-order valence-corrected chi connectivity index (χ2v) is 4.28. The predicted octanol–water partition coefficient (Wildman–Crippen LogP) is 2.56. The van der Waals surface area contributed by atoms with Gasteiger partial charge in [-0.05, 0) is 36.8 Å². The molecule has 0 aliphatic heterocycles. The Hall–Kier alpha value is -2.87. The third-order valence-corrected chi connectivity index (χ3v) is 2.90. The molecule has 2 rings (SSSR count). The fourth-order valence-corrected chi connectivity index (χ4v) is 1.69. The van der Waals surface area contributed by atoms with E-state index in [0.29, 0.717) is 16.9 Å². The van der Waals surface area contributed by atoms with Crippen molar-refractivity contribution in [3.05, 3.63) is 53.3 Å². The molecule has 1 aromatic carbocycles. The summed E-state index contributed by atoms with van der Waals surface area (Å²) in [7, 11) is 1.79. The van der Waals surface area contributed by atoms with E-state index in [9.17, 15) is 4.79 Å². The Labute approximate surface area is 117 Å². The van der Waals surface area contributed by atoms with E-state index in [4.69, 9.17) is 5.26 Å². The van der Waals surface area contributed by atoms with Gasteiger partial charge < -0.3 is 10.6 Å². The Kier molecular flexibility index (Phi) is 3.96. The van der Waals surface area contributed by atoms with Crippen LogP contribution in [0.1, 0.15) is 21.6 Å². The number of nitrogens with zero attached hydrogens (tertiary/aromatic N) is 2. The Morgan fingerprint density at radius 3 is 2.70 bits per heavy atom. The highest BCUT2D eigenvalue weighted by molar-refractivity contribution is 6.03. The highest BCUT2D eigenvalue weighted by atomic mass is 16.1. The number of benzene rings is 1. The van der Waals surface area contributed by atoms with Crippen LogP contribution in [0.2, 0.25) is 0 Å². The summed E-state index contributed by atoms with van der Waals surface area (Å²) in [4.78, 5) is 16.2. The SMILES string of the molecule is CNc1ccc(C(=O)Nc2cc(C#N)ccc2C)nc1. The number of hydrogen-bond acceptors (Lipinski definition) is 4. The van der Waals surface area contributed by atoms with E-state index < -0.39 is 0 Å². The fourth-order valence-electron chi connectivity index (χ4n) is 1.69. The van der Waals surface area contributed by atoms with Gasteiger partial charge in [0.25, 0.3) is 5.91 Å². The van der Waals surface area contributed by atoms with Gasteiger partial charge >= 0.3 is 0 Å². The van der Waals surface area contributed by atoms with Crippen LogP contribution in [0.5, 0.6) is 0 Å². The molecule has 0 radical (unpaired) electrons. The third kappa shape index (κ3) is 2.93. The van der Waals surface area contributed by atoms with Crippen molar-refractivity contribution in [2.24, 2.45) is 0 Å². The monoisotopic (exact) mass is 266 g/mol. The number of nitrogens with one attached hydrogen (secondary N) is 2. The van der Waals surface area contributed by atoms with E-state index in [1.165, 1.54) is 0 Å². The molecule has 0 aliphatic carbocycles. The van der Waals surface area contributed by atoms with Gasteiger partial charge in [0.1, 0.15) is 5.69 Å². The van der Waals surface area contributed by atoms with Crippen molar-refractivity contribution in [2.45, 2.75) is 6.92 Å². The molecule has 1 amide bonds. The molecule has 5 nitrogen and oxygen atoms in total. The van der Waals surface area contributed by atoms with E-state index in [2.05, 4.69) is 15.6 Å². The van der Waals surface area contributed by atoms with Crippen LogP contribution in [-0.2, 0) is 0 Å². The molecular weight excluding hydrogens is 252 g/mol. The average Bonchev–Trinajstić information content (AvgIpc) is 2.49. The van der Waals surface area contributed by atoms with Crippen molar-refractivity contribution in [1.82, 2.24) is 4.98 Å². The molecule has 2 aromatic rings. The van der Waals surface area contributed by atoms with Gasteiger partial charge in [-0.25, -0.2) is 4.98 Å². The van der Waals surface area contributed by atoms with Crippen LogP contribution in [0.3, 0.4) is 0 Å². The second kappa shape index (κ2) is 5.85. The van der Waals surface area contributed by atoms with Gasteiger partial charge in [0.2, 0.25) is 0 Å². The largest absolute Gasteiger partial charge is 0.387 e. The number of amides is 1. The van der Waals surface area contributed by atoms with Gasteiger partial charge in [0, 0.05) is 12.7 Å². The number of pyridine rings is 1. The summed E-state index contributed by atoms with van der Waals surface area (Å²) in [6, 6.07) is 10.6. The zero-order valence-corrected chi connectivity index (χ0v) is 11.3. The van der Waals surface area contributed by atoms with E-state index in [0.717, 1.165) is 11.3 Å². The van der Waals surface area contributed by atoms with Gasteiger partial charge in [0.05, 0.1) is 23.5 Å². The van der Waals surface area contributed by atoms with Crippen LogP contribution in [0.4, 0.5) is 11.4 Å². The van der Waals surface area contributed by atoms with Crippen molar-refractivity contribution in [2.75, 3.05) is 17.7 Å². The Bertz CT molecular complexity index is 671. The molecule has 5 heteroatoms. The minimum Gasteiger partial charge on any atom is -0.387 e. The minimum atomic E-state index is -0.300. The maximum atomic E-state index is 12.1. The fraction of sp³-hybridized carbons (Fsp3) is 0.133. The summed E-state index contributed by atoms with van der Waals surface area (Å²) in [6.45, 7) is 1.87. The zero-order valence-electron chi connectivity index (χ0n) is 11.3. The van der Waals surface area contributed by atoms with Gasteiger partial charge in [-0.2, -0.15) is 5.26 Å². The van der Waals surface area contributed by atoms with Crippen LogP contribution >= 0.6 is 0 Å². The molecule has 20 heavy (non-hydrogen) atoms. The average molecular weight is 266 g/mol. The summed E-state index contributed by atoms with van der Waals surface area (Å²) >= 11 is 0. The highest BCUT2D eigenvalue weighted by Crippen LogP contribution is 2.17. The van der Waals surface area contributed by atoms with Crippen molar-refractivity contribution >= 4 is 17.3 Å². The van der Waals surface area contributed by atoms with Crippen molar-refractivity contribution < 1.29 is 4.79 Å². The summed E-state index contributed by atoms with van der Waals surface area (Å²) in [5.74, 6) is -0.300. The standard InChI is InChI=1S/C15H14N4O/c1-10-3-4-11(8-16)7-14(10)19-15(20)13-6-5-12(17-2)9-18-13/h3-7,9,17H,1-2H3,(H,19,20). The van der Waals surface area contributed by atoms with E-state index >= 15 is 0 Å². The third-order valence-electron chi connectivity index (χ3n) is 2.90. The van der Waals surface area contributed by atoms with E-state index in [1.54, 1.807) is 43.6 Å². The molecular formula is C15H14N4O. The minimum absolute atomic E-state index is 0.300. The molecule has 0 unspecified atom stereocenters. The lowest BCUT2D eigenvalue weighted by Crippen LogP contribution is -2.14. The lowest BCUT2D eigenvalue weighted by molar-refractivity contribution is 0.102. The lowest BCUT2D eigenvalue weighted by atomic mass is 10.1. The first-order chi connectivity index (χ1) is 9.63. The molecule has 0 bridgehead atoms. The maximum absolute atomic E-state index is 12.1. The topological polar surface area (TPSA) is 77.8 Å². The van der Waals surface area contributed by atoms with Gasteiger partial charge in [0.15, 0.2) is 0 Å². The lowest BCUT2D eigenvalue weighted by Gasteiger charge is -2.08.